The monoisotopic (exact) mass is 613 g/mol. The molecule has 0 saturated heterocycles. The van der Waals surface area contributed by atoms with Gasteiger partial charge in [-0.1, -0.05) is 70.5 Å². The number of sulfonamides is 1. The molecule has 7 nitrogen and oxygen atoms in total. The number of likely N-dealkylation sites (N-methyl/N-ethyl adjacent to an activating group) is 1. The van der Waals surface area contributed by atoms with Crippen LogP contribution in [-0.2, 0) is 32.6 Å². The van der Waals surface area contributed by atoms with Crippen LogP contribution in [-0.4, -0.2) is 50.5 Å². The molecule has 3 aromatic rings. The van der Waals surface area contributed by atoms with Gasteiger partial charge in [0.05, 0.1) is 11.9 Å². The van der Waals surface area contributed by atoms with Gasteiger partial charge in [0.1, 0.15) is 6.04 Å². The van der Waals surface area contributed by atoms with E-state index in [-0.39, 0.29) is 31.3 Å². The highest BCUT2D eigenvalue weighted by atomic mass is 79.9. The molecule has 9 heteroatoms. The number of anilines is 1. The molecule has 2 amide bonds. The number of aryl methyl sites for hydroxylation is 1. The highest BCUT2D eigenvalue weighted by Crippen LogP contribution is 2.22. The molecule has 0 aliphatic rings. The molecule has 208 valence electrons. The second-order valence-corrected chi connectivity index (χ2v) is 12.4. The Kier molecular flexibility index (Phi) is 11.1. The molecule has 3 rings (SSSR count). The van der Waals surface area contributed by atoms with Crippen molar-refractivity contribution in [3.05, 3.63) is 100 Å². The molecule has 1 N–H and O–H groups in total. The van der Waals surface area contributed by atoms with E-state index < -0.39 is 16.1 Å². The van der Waals surface area contributed by atoms with E-state index in [1.165, 1.54) is 10.6 Å². The largest absolute Gasteiger partial charge is 0.355 e. The Labute approximate surface area is 240 Å². The summed E-state index contributed by atoms with van der Waals surface area (Å²) in [4.78, 5) is 28.7. The molecule has 39 heavy (non-hydrogen) atoms. The Hall–Kier alpha value is -3.17. The van der Waals surface area contributed by atoms with Crippen molar-refractivity contribution in [2.24, 2.45) is 0 Å². The molecule has 0 bridgehead atoms. The van der Waals surface area contributed by atoms with Crippen molar-refractivity contribution in [1.29, 1.82) is 0 Å². The normalized spacial score (nSPS) is 12.0. The second kappa shape index (κ2) is 14.3. The molecule has 0 spiro atoms. The number of nitrogens with one attached hydrogen (secondary N) is 1. The van der Waals surface area contributed by atoms with E-state index in [2.05, 4.69) is 21.2 Å². The average Bonchev–Trinajstić information content (AvgIpc) is 2.88. The van der Waals surface area contributed by atoms with Gasteiger partial charge in [0.25, 0.3) is 0 Å². The Balaban J connectivity index is 1.86. The van der Waals surface area contributed by atoms with Gasteiger partial charge in [-0.3, -0.25) is 13.9 Å². The van der Waals surface area contributed by atoms with Crippen molar-refractivity contribution in [3.8, 4) is 0 Å². The van der Waals surface area contributed by atoms with Crippen LogP contribution < -0.4 is 9.62 Å². The van der Waals surface area contributed by atoms with Gasteiger partial charge in [0.2, 0.25) is 21.8 Å². The van der Waals surface area contributed by atoms with Crippen molar-refractivity contribution in [1.82, 2.24) is 10.2 Å². The van der Waals surface area contributed by atoms with Crippen LogP contribution in [0.4, 0.5) is 5.69 Å². The summed E-state index contributed by atoms with van der Waals surface area (Å²) in [6.45, 7) is 4.61. The lowest BCUT2D eigenvalue weighted by molar-refractivity contribution is -0.141. The predicted octanol–water partition coefficient (Wildman–Crippen LogP) is 5.08. The predicted molar refractivity (Wildman–Crippen MR) is 160 cm³/mol. The number of halogens is 1. The number of nitrogens with zero attached hydrogens (tertiary/aromatic N) is 2. The smallest absolute Gasteiger partial charge is 0.243 e. The summed E-state index contributed by atoms with van der Waals surface area (Å²) < 4.78 is 27.4. The van der Waals surface area contributed by atoms with E-state index in [0.717, 1.165) is 21.2 Å². The fourth-order valence-corrected chi connectivity index (χ4v) is 5.87. The van der Waals surface area contributed by atoms with Crippen LogP contribution in [0.15, 0.2) is 83.3 Å². The van der Waals surface area contributed by atoms with Crippen molar-refractivity contribution < 1.29 is 18.0 Å². The molecule has 0 saturated carbocycles. The summed E-state index contributed by atoms with van der Waals surface area (Å²) in [5.74, 6) is -0.429. The zero-order valence-corrected chi connectivity index (χ0v) is 25.0. The van der Waals surface area contributed by atoms with Crippen LogP contribution in [0, 0.1) is 6.92 Å². The summed E-state index contributed by atoms with van der Waals surface area (Å²) in [7, 11) is -3.54. The number of amides is 2. The van der Waals surface area contributed by atoms with Crippen LogP contribution in [0.25, 0.3) is 0 Å². The number of carbonyl (C=O) groups excluding carboxylic acids is 2. The first-order valence-corrected chi connectivity index (χ1v) is 15.6. The Morgan fingerprint density at radius 3 is 2.28 bits per heavy atom. The minimum Gasteiger partial charge on any atom is -0.355 e. The third-order valence-corrected chi connectivity index (χ3v) is 7.99. The first kappa shape index (κ1) is 30.4. The van der Waals surface area contributed by atoms with Gasteiger partial charge in [-0.25, -0.2) is 8.42 Å². The van der Waals surface area contributed by atoms with Crippen LogP contribution in [0.2, 0.25) is 0 Å². The summed E-state index contributed by atoms with van der Waals surface area (Å²) in [5, 5.41) is 2.89. The maximum Gasteiger partial charge on any atom is 0.243 e. The van der Waals surface area contributed by atoms with E-state index in [0.29, 0.717) is 25.1 Å². The first-order chi connectivity index (χ1) is 18.6. The zero-order chi connectivity index (χ0) is 28.4. The fraction of sp³-hybridized carbons (Fsp3) is 0.333. The Morgan fingerprint density at radius 2 is 1.64 bits per heavy atom. The molecule has 0 heterocycles. The van der Waals surface area contributed by atoms with Crippen LogP contribution in [0.1, 0.15) is 36.5 Å². The third-order valence-electron chi connectivity index (χ3n) is 6.31. The van der Waals surface area contributed by atoms with E-state index in [1.807, 2.05) is 86.6 Å². The molecule has 0 aromatic heterocycles. The SMILES string of the molecule is CCNC(=O)[C@@H](Cc1ccccc1)N(Cc1cccc(Br)c1)C(=O)CCCN(c1cccc(C)c1)S(C)(=O)=O. The number of hydrogen-bond donors (Lipinski definition) is 1. The van der Waals surface area contributed by atoms with Gasteiger partial charge < -0.3 is 10.2 Å². The minimum atomic E-state index is -3.54. The summed E-state index contributed by atoms with van der Waals surface area (Å²) in [5.41, 5.74) is 3.35. The standard InChI is InChI=1S/C30H36BrN3O4S/c1-4-32-30(36)28(21-24-12-6-5-7-13-24)33(22-25-14-9-15-26(31)20-25)29(35)17-10-18-34(39(3,37)38)27-16-8-11-23(2)19-27/h5-9,11-16,19-20,28H,4,10,17-18,21-22H2,1-3H3,(H,32,36)/t28-/m1/s1. The molecule has 0 unspecified atom stereocenters. The van der Waals surface area contributed by atoms with Crippen molar-refractivity contribution >= 4 is 43.5 Å². The number of hydrogen-bond acceptors (Lipinski definition) is 4. The van der Waals surface area contributed by atoms with Crippen molar-refractivity contribution in [2.75, 3.05) is 23.7 Å². The maximum atomic E-state index is 13.8. The summed E-state index contributed by atoms with van der Waals surface area (Å²) in [6.07, 6.45) is 1.94. The molecule has 0 aliphatic carbocycles. The molecule has 0 fully saturated rings. The van der Waals surface area contributed by atoms with Gasteiger partial charge >= 0.3 is 0 Å². The Morgan fingerprint density at radius 1 is 0.949 bits per heavy atom. The molecule has 0 radical (unpaired) electrons. The van der Waals surface area contributed by atoms with E-state index in [9.17, 15) is 18.0 Å². The Bertz CT molecular complexity index is 1370. The summed E-state index contributed by atoms with van der Waals surface area (Å²) >= 11 is 3.49. The highest BCUT2D eigenvalue weighted by Gasteiger charge is 2.30. The fourth-order valence-electron chi connectivity index (χ4n) is 4.47. The molecule has 3 aromatic carbocycles. The van der Waals surface area contributed by atoms with Crippen LogP contribution >= 0.6 is 15.9 Å². The van der Waals surface area contributed by atoms with Gasteiger partial charge in [0, 0.05) is 36.9 Å². The van der Waals surface area contributed by atoms with Crippen molar-refractivity contribution in [3.63, 3.8) is 0 Å². The third kappa shape index (κ3) is 9.21. The molecular formula is C30H36BrN3O4S. The molecule has 1 atom stereocenters. The van der Waals surface area contributed by atoms with E-state index >= 15 is 0 Å². The van der Waals surface area contributed by atoms with Crippen LogP contribution in [0.3, 0.4) is 0 Å². The van der Waals surface area contributed by atoms with Gasteiger partial charge in [-0.05, 0) is 61.2 Å². The molecule has 0 aliphatic heterocycles. The quantitative estimate of drug-likeness (QED) is 0.291. The lowest BCUT2D eigenvalue weighted by Gasteiger charge is -2.32. The minimum absolute atomic E-state index is 0.0938. The van der Waals surface area contributed by atoms with Gasteiger partial charge in [-0.2, -0.15) is 0 Å². The highest BCUT2D eigenvalue weighted by molar-refractivity contribution is 9.10. The van der Waals surface area contributed by atoms with Crippen LogP contribution in [0.5, 0.6) is 0 Å². The maximum absolute atomic E-state index is 13.8. The van der Waals surface area contributed by atoms with Crippen molar-refractivity contribution in [2.45, 2.75) is 45.7 Å². The summed E-state index contributed by atoms with van der Waals surface area (Å²) in [6, 6.07) is 23.8. The van der Waals surface area contributed by atoms with E-state index in [4.69, 9.17) is 0 Å². The van der Waals surface area contributed by atoms with Gasteiger partial charge in [-0.15, -0.1) is 0 Å². The first-order valence-electron chi connectivity index (χ1n) is 13.0. The van der Waals surface area contributed by atoms with Gasteiger partial charge in [0.15, 0.2) is 0 Å². The number of rotatable bonds is 13. The molecular weight excluding hydrogens is 578 g/mol. The zero-order valence-electron chi connectivity index (χ0n) is 22.6. The number of benzene rings is 3. The number of carbonyl (C=O) groups is 2. The lowest BCUT2D eigenvalue weighted by Crippen LogP contribution is -2.50. The van der Waals surface area contributed by atoms with E-state index in [1.54, 1.807) is 11.0 Å². The topological polar surface area (TPSA) is 86.8 Å². The second-order valence-electron chi connectivity index (χ2n) is 9.53. The average molecular weight is 615 g/mol. The lowest BCUT2D eigenvalue weighted by atomic mass is 10.0.